The molecule has 1 aliphatic carbocycles. The molecule has 7 nitrogen and oxygen atoms in total. The molecule has 0 saturated carbocycles. The number of carbonyl (C=O) groups is 2. The van der Waals surface area contributed by atoms with Gasteiger partial charge in [0.25, 0.3) is 0 Å². The van der Waals surface area contributed by atoms with Crippen molar-refractivity contribution in [2.45, 2.75) is 25.7 Å². The van der Waals surface area contributed by atoms with Crippen LogP contribution in [0.25, 0.3) is 0 Å². The predicted octanol–water partition coefficient (Wildman–Crippen LogP) is 3.04. The minimum Gasteiger partial charge on any atom is -0.403 e. The Morgan fingerprint density at radius 2 is 1.68 bits per heavy atom. The van der Waals surface area contributed by atoms with Gasteiger partial charge < -0.3 is 9.84 Å². The Labute approximate surface area is 163 Å². The summed E-state index contributed by atoms with van der Waals surface area (Å²) in [4.78, 5) is 44.8. The smallest absolute Gasteiger partial charge is 0.403 e. The number of hydrogen-bond donors (Lipinski definition) is 3. The van der Waals surface area contributed by atoms with E-state index in [-0.39, 0.29) is 39.7 Å². The quantitative estimate of drug-likeness (QED) is 0.410. The van der Waals surface area contributed by atoms with Crippen LogP contribution in [-0.2, 0) is 4.57 Å². The number of hydrogen-bond acceptors (Lipinski definition) is 5. The molecule has 1 atom stereocenters. The molecular weight excluding hydrogens is 381 g/mol. The lowest BCUT2D eigenvalue weighted by Gasteiger charge is -2.24. The molecule has 1 unspecified atom stereocenters. The second kappa shape index (κ2) is 7.97. The van der Waals surface area contributed by atoms with Gasteiger partial charge in [-0.1, -0.05) is 37.3 Å². The van der Waals surface area contributed by atoms with Gasteiger partial charge in [-0.25, -0.2) is 4.57 Å². The summed E-state index contributed by atoms with van der Waals surface area (Å²) in [6.07, 6.45) is 1.55. The molecular formula is C20H22NO6P. The van der Waals surface area contributed by atoms with Crippen LogP contribution in [0.4, 0.5) is 0 Å². The lowest BCUT2D eigenvalue weighted by Crippen LogP contribution is -2.22. The Bertz CT molecular complexity index is 981. The summed E-state index contributed by atoms with van der Waals surface area (Å²) in [5.74, 6) is -1.16. The van der Waals surface area contributed by atoms with Crippen LogP contribution in [0.5, 0.6) is 5.75 Å². The topological polar surface area (TPSA) is 113 Å². The van der Waals surface area contributed by atoms with E-state index in [1.165, 1.54) is 6.07 Å². The van der Waals surface area contributed by atoms with Gasteiger partial charge in [-0.2, -0.15) is 0 Å². The van der Waals surface area contributed by atoms with Gasteiger partial charge in [0.2, 0.25) is 0 Å². The Balaban J connectivity index is 2.16. The van der Waals surface area contributed by atoms with Gasteiger partial charge >= 0.3 is 7.82 Å². The van der Waals surface area contributed by atoms with Crippen LogP contribution >= 0.6 is 7.82 Å². The summed E-state index contributed by atoms with van der Waals surface area (Å²) in [7, 11) is -3.10. The summed E-state index contributed by atoms with van der Waals surface area (Å²) in [5.41, 5.74) is 0.995. The van der Waals surface area contributed by atoms with Gasteiger partial charge in [-0.05, 0) is 44.0 Å². The van der Waals surface area contributed by atoms with E-state index in [4.69, 9.17) is 4.52 Å². The van der Waals surface area contributed by atoms with Crippen molar-refractivity contribution in [3.63, 3.8) is 0 Å². The highest BCUT2D eigenvalue weighted by Gasteiger charge is 2.36. The molecule has 0 aromatic heterocycles. The van der Waals surface area contributed by atoms with E-state index < -0.39 is 13.6 Å². The van der Waals surface area contributed by atoms with E-state index in [0.29, 0.717) is 5.56 Å². The summed E-state index contributed by atoms with van der Waals surface area (Å²) >= 11 is 0. The summed E-state index contributed by atoms with van der Waals surface area (Å²) in [6.45, 7) is 2.68. The van der Waals surface area contributed by atoms with Crippen molar-refractivity contribution < 1.29 is 28.5 Å². The number of rotatable bonds is 7. The van der Waals surface area contributed by atoms with Crippen LogP contribution in [0, 0.1) is 0 Å². The minimum absolute atomic E-state index is 0.0787. The molecule has 8 heteroatoms. The van der Waals surface area contributed by atoms with Gasteiger partial charge in [0, 0.05) is 16.7 Å². The number of fused-ring (bicyclic) bond motifs is 2. The Morgan fingerprint density at radius 3 is 2.29 bits per heavy atom. The molecule has 0 aliphatic heterocycles. The fraction of sp³-hybridized carbons (Fsp3) is 0.300. The SMILES string of the molecule is CNCCCC(C)c1ccc2c(c1OP(=O)(O)O)C(=O)c1ccccc1C2=O. The Hall–Kier alpha value is -2.31. The molecule has 0 bridgehead atoms. The first kappa shape index (κ1) is 20.4. The molecule has 0 radical (unpaired) electrons. The minimum atomic E-state index is -4.94. The first-order valence-corrected chi connectivity index (χ1v) is 10.5. The second-order valence-corrected chi connectivity index (χ2v) is 8.00. The maximum atomic E-state index is 13.1. The normalized spacial score (nSPS) is 14.4. The number of phosphoric ester groups is 1. The lowest BCUT2D eigenvalue weighted by molar-refractivity contribution is 0.0977. The van der Waals surface area contributed by atoms with Gasteiger partial charge in [0.15, 0.2) is 11.6 Å². The van der Waals surface area contributed by atoms with Crippen molar-refractivity contribution in [2.75, 3.05) is 13.6 Å². The van der Waals surface area contributed by atoms with Crippen molar-refractivity contribution in [1.29, 1.82) is 0 Å². The summed E-state index contributed by atoms with van der Waals surface area (Å²) < 4.78 is 16.6. The second-order valence-electron chi connectivity index (χ2n) is 6.84. The van der Waals surface area contributed by atoms with E-state index in [2.05, 4.69) is 5.32 Å². The van der Waals surface area contributed by atoms with Crippen LogP contribution in [0.1, 0.15) is 63.1 Å². The molecule has 3 rings (SSSR count). The molecule has 2 aromatic rings. The van der Waals surface area contributed by atoms with Crippen LogP contribution in [-0.4, -0.2) is 34.9 Å². The molecule has 28 heavy (non-hydrogen) atoms. The first-order valence-electron chi connectivity index (χ1n) is 8.99. The standard InChI is InChI=1S/C20H22NO6P/c1-12(6-5-11-21-2)13-9-10-16-17(20(13)27-28(24,25)26)19(23)15-8-4-3-7-14(15)18(16)22/h3-4,7-10,12,21H,5-6,11H2,1-2H3,(H2,24,25,26). The Morgan fingerprint density at radius 1 is 1.04 bits per heavy atom. The fourth-order valence-electron chi connectivity index (χ4n) is 3.52. The number of benzene rings is 2. The van der Waals surface area contributed by atoms with E-state index in [9.17, 15) is 23.9 Å². The van der Waals surface area contributed by atoms with E-state index >= 15 is 0 Å². The highest BCUT2D eigenvalue weighted by Crippen LogP contribution is 2.46. The van der Waals surface area contributed by atoms with Gasteiger partial charge in [-0.3, -0.25) is 19.4 Å². The van der Waals surface area contributed by atoms with Crippen LogP contribution in [0.15, 0.2) is 36.4 Å². The zero-order chi connectivity index (χ0) is 20.5. The van der Waals surface area contributed by atoms with E-state index in [1.807, 2.05) is 14.0 Å². The fourth-order valence-corrected chi connectivity index (χ4v) is 3.95. The van der Waals surface area contributed by atoms with Crippen LogP contribution in [0.3, 0.4) is 0 Å². The molecule has 0 fully saturated rings. The average Bonchev–Trinajstić information content (AvgIpc) is 2.64. The summed E-state index contributed by atoms with van der Waals surface area (Å²) in [6, 6.07) is 9.57. The number of carbonyl (C=O) groups excluding carboxylic acids is 2. The van der Waals surface area contributed by atoms with Crippen molar-refractivity contribution in [1.82, 2.24) is 5.32 Å². The molecule has 2 aromatic carbocycles. The van der Waals surface area contributed by atoms with Crippen molar-refractivity contribution in [2.24, 2.45) is 0 Å². The third kappa shape index (κ3) is 3.93. The zero-order valence-electron chi connectivity index (χ0n) is 15.6. The van der Waals surface area contributed by atoms with Crippen molar-refractivity contribution in [3.05, 3.63) is 64.2 Å². The number of ketones is 2. The molecule has 3 N–H and O–H groups in total. The molecule has 0 saturated heterocycles. The number of phosphoric acid groups is 1. The van der Waals surface area contributed by atoms with Crippen molar-refractivity contribution in [3.8, 4) is 5.75 Å². The summed E-state index contributed by atoms with van der Waals surface area (Å²) in [5, 5.41) is 3.05. The third-order valence-electron chi connectivity index (χ3n) is 4.88. The van der Waals surface area contributed by atoms with Crippen molar-refractivity contribution >= 4 is 19.4 Å². The molecule has 0 heterocycles. The van der Waals surface area contributed by atoms with Gasteiger partial charge in [-0.15, -0.1) is 0 Å². The van der Waals surface area contributed by atoms with Crippen LogP contribution < -0.4 is 9.84 Å². The predicted molar refractivity (Wildman–Crippen MR) is 104 cm³/mol. The molecule has 0 amide bonds. The maximum Gasteiger partial charge on any atom is 0.524 e. The largest absolute Gasteiger partial charge is 0.524 e. The third-order valence-corrected chi connectivity index (χ3v) is 5.30. The van der Waals surface area contributed by atoms with E-state index in [1.54, 1.807) is 30.3 Å². The first-order chi connectivity index (χ1) is 13.2. The average molecular weight is 403 g/mol. The monoisotopic (exact) mass is 403 g/mol. The highest BCUT2D eigenvalue weighted by molar-refractivity contribution is 7.46. The van der Waals surface area contributed by atoms with Gasteiger partial charge in [0.05, 0.1) is 5.56 Å². The molecule has 148 valence electrons. The molecule has 0 spiro atoms. The van der Waals surface area contributed by atoms with Crippen LogP contribution in [0.2, 0.25) is 0 Å². The lowest BCUT2D eigenvalue weighted by atomic mass is 9.81. The molecule has 1 aliphatic rings. The zero-order valence-corrected chi connectivity index (χ0v) is 16.5. The number of nitrogens with one attached hydrogen (secondary N) is 1. The van der Waals surface area contributed by atoms with Gasteiger partial charge in [0.1, 0.15) is 5.75 Å². The highest BCUT2D eigenvalue weighted by atomic mass is 31.2. The maximum absolute atomic E-state index is 13.1. The Kier molecular flexibility index (Phi) is 5.82. The van der Waals surface area contributed by atoms with E-state index in [0.717, 1.165) is 19.4 Å².